The molecule has 1 aliphatic rings. The van der Waals surface area contributed by atoms with E-state index in [0.29, 0.717) is 0 Å². The average molecular weight is 324 g/mol. The predicted molar refractivity (Wildman–Crippen MR) is 83.9 cm³/mol. The molecule has 0 radical (unpaired) electrons. The molecule has 1 heterocycles. The minimum atomic E-state index is 0.108. The number of carbonyl (C=O) groups is 1. The van der Waals surface area contributed by atoms with Gasteiger partial charge in [0.25, 0.3) is 0 Å². The molecule has 1 saturated heterocycles. The summed E-state index contributed by atoms with van der Waals surface area (Å²) in [6.07, 6.45) is 2.54. The molecule has 2 nitrogen and oxygen atoms in total. The van der Waals surface area contributed by atoms with Crippen molar-refractivity contribution in [3.8, 4) is 0 Å². The van der Waals surface area contributed by atoms with Crippen molar-refractivity contribution in [2.45, 2.75) is 33.6 Å². The van der Waals surface area contributed by atoms with Crippen LogP contribution in [-0.2, 0) is 0 Å². The van der Waals surface area contributed by atoms with Gasteiger partial charge in [-0.05, 0) is 65.7 Å². The van der Waals surface area contributed by atoms with Crippen LogP contribution >= 0.6 is 15.9 Å². The summed E-state index contributed by atoms with van der Waals surface area (Å²) in [6.45, 7) is 8.48. The number of halogens is 1. The fourth-order valence-corrected chi connectivity index (χ4v) is 3.46. The number of anilines is 1. The number of piperidine rings is 1. The molecule has 0 spiro atoms. The molecule has 3 heteroatoms. The Morgan fingerprint density at radius 1 is 1.32 bits per heavy atom. The fourth-order valence-electron chi connectivity index (χ4n) is 2.81. The third-order valence-electron chi connectivity index (χ3n) is 4.18. The molecule has 1 aromatic carbocycles. The molecule has 0 amide bonds. The molecule has 2 rings (SSSR count). The molecule has 0 aliphatic carbocycles. The van der Waals surface area contributed by atoms with Gasteiger partial charge in [-0.15, -0.1) is 0 Å². The normalized spacial score (nSPS) is 17.0. The summed E-state index contributed by atoms with van der Waals surface area (Å²) in [5.41, 5.74) is 1.99. The van der Waals surface area contributed by atoms with E-state index in [9.17, 15) is 4.79 Å². The van der Waals surface area contributed by atoms with Gasteiger partial charge in [0.1, 0.15) is 0 Å². The molecule has 1 aliphatic heterocycles. The highest BCUT2D eigenvalue weighted by atomic mass is 79.9. The summed E-state index contributed by atoms with van der Waals surface area (Å²) >= 11 is 3.50. The average Bonchev–Trinajstić information content (AvgIpc) is 2.38. The zero-order valence-corrected chi connectivity index (χ0v) is 13.5. The zero-order chi connectivity index (χ0) is 14.0. The quantitative estimate of drug-likeness (QED) is 0.762. The number of ketones is 1. The van der Waals surface area contributed by atoms with Crippen LogP contribution in [0, 0.1) is 11.8 Å². The van der Waals surface area contributed by atoms with Crippen molar-refractivity contribution in [1.29, 1.82) is 0 Å². The van der Waals surface area contributed by atoms with Crippen molar-refractivity contribution in [3.63, 3.8) is 0 Å². The predicted octanol–water partition coefficient (Wildman–Crippen LogP) is 4.52. The van der Waals surface area contributed by atoms with Gasteiger partial charge in [0.2, 0.25) is 0 Å². The van der Waals surface area contributed by atoms with Crippen LogP contribution in [-0.4, -0.2) is 18.9 Å². The summed E-state index contributed by atoms with van der Waals surface area (Å²) in [6, 6.07) is 6.07. The van der Waals surface area contributed by atoms with Gasteiger partial charge in [0, 0.05) is 28.8 Å². The Hall–Kier alpha value is -0.830. The SMILES string of the molecule is CC(=O)c1ccc(N2CCC(C(C)C)CC2)cc1Br. The summed E-state index contributed by atoms with van der Waals surface area (Å²) in [5.74, 6) is 1.75. The third kappa shape index (κ3) is 3.38. The van der Waals surface area contributed by atoms with Gasteiger partial charge in [-0.2, -0.15) is 0 Å². The number of hydrogen-bond donors (Lipinski definition) is 0. The van der Waals surface area contributed by atoms with Gasteiger partial charge in [-0.3, -0.25) is 4.79 Å². The molecule has 0 unspecified atom stereocenters. The number of benzene rings is 1. The van der Waals surface area contributed by atoms with Crippen molar-refractivity contribution < 1.29 is 4.79 Å². The van der Waals surface area contributed by atoms with E-state index in [4.69, 9.17) is 0 Å². The number of nitrogens with zero attached hydrogens (tertiary/aromatic N) is 1. The first kappa shape index (κ1) is 14.6. The number of hydrogen-bond acceptors (Lipinski definition) is 2. The molecule has 1 aromatic rings. The Labute approximate surface area is 124 Å². The van der Waals surface area contributed by atoms with Crippen LogP contribution in [0.3, 0.4) is 0 Å². The molecule has 104 valence electrons. The molecule has 0 bridgehead atoms. The molecular formula is C16H22BrNO. The Balaban J connectivity index is 2.08. The highest BCUT2D eigenvalue weighted by Gasteiger charge is 2.22. The van der Waals surface area contributed by atoms with E-state index in [-0.39, 0.29) is 5.78 Å². The fraction of sp³-hybridized carbons (Fsp3) is 0.562. The van der Waals surface area contributed by atoms with Gasteiger partial charge in [-0.1, -0.05) is 13.8 Å². The van der Waals surface area contributed by atoms with E-state index in [2.05, 4.69) is 46.8 Å². The lowest BCUT2D eigenvalue weighted by atomic mass is 9.86. The second-order valence-electron chi connectivity index (χ2n) is 5.79. The summed E-state index contributed by atoms with van der Waals surface area (Å²) in [5, 5.41) is 0. The van der Waals surface area contributed by atoms with Gasteiger partial charge in [0.05, 0.1) is 0 Å². The van der Waals surface area contributed by atoms with Crippen LogP contribution in [0.1, 0.15) is 44.0 Å². The summed E-state index contributed by atoms with van der Waals surface area (Å²) < 4.78 is 0.906. The van der Waals surface area contributed by atoms with E-state index in [1.807, 2.05) is 6.07 Å². The lowest BCUT2D eigenvalue weighted by molar-refractivity contribution is 0.101. The second kappa shape index (κ2) is 6.08. The summed E-state index contributed by atoms with van der Waals surface area (Å²) in [7, 11) is 0. The van der Waals surface area contributed by atoms with Crippen molar-refractivity contribution in [2.24, 2.45) is 11.8 Å². The van der Waals surface area contributed by atoms with E-state index in [1.54, 1.807) is 6.92 Å². The van der Waals surface area contributed by atoms with Gasteiger partial charge >= 0.3 is 0 Å². The largest absolute Gasteiger partial charge is 0.371 e. The smallest absolute Gasteiger partial charge is 0.160 e. The van der Waals surface area contributed by atoms with Crippen molar-refractivity contribution >= 4 is 27.4 Å². The highest BCUT2D eigenvalue weighted by Crippen LogP contribution is 2.30. The molecule has 0 aromatic heterocycles. The maximum Gasteiger partial charge on any atom is 0.160 e. The number of rotatable bonds is 3. The van der Waals surface area contributed by atoms with Crippen LogP contribution in [0.25, 0.3) is 0 Å². The maximum atomic E-state index is 11.4. The Bertz CT molecular complexity index is 462. The van der Waals surface area contributed by atoms with Crippen LogP contribution in [0.5, 0.6) is 0 Å². The minimum Gasteiger partial charge on any atom is -0.371 e. The van der Waals surface area contributed by atoms with Crippen molar-refractivity contribution in [2.75, 3.05) is 18.0 Å². The van der Waals surface area contributed by atoms with Crippen LogP contribution in [0.15, 0.2) is 22.7 Å². The van der Waals surface area contributed by atoms with Crippen LogP contribution < -0.4 is 4.90 Å². The zero-order valence-electron chi connectivity index (χ0n) is 11.9. The van der Waals surface area contributed by atoms with Gasteiger partial charge in [0.15, 0.2) is 5.78 Å². The third-order valence-corrected chi connectivity index (χ3v) is 4.84. The minimum absolute atomic E-state index is 0.108. The molecule has 0 saturated carbocycles. The van der Waals surface area contributed by atoms with Crippen molar-refractivity contribution in [3.05, 3.63) is 28.2 Å². The Morgan fingerprint density at radius 3 is 2.42 bits per heavy atom. The Morgan fingerprint density at radius 2 is 1.95 bits per heavy atom. The van der Waals surface area contributed by atoms with Gasteiger partial charge < -0.3 is 4.90 Å². The molecule has 0 atom stereocenters. The molecule has 19 heavy (non-hydrogen) atoms. The highest BCUT2D eigenvalue weighted by molar-refractivity contribution is 9.10. The lowest BCUT2D eigenvalue weighted by Gasteiger charge is -2.35. The number of carbonyl (C=O) groups excluding carboxylic acids is 1. The Kier molecular flexibility index (Phi) is 4.67. The maximum absolute atomic E-state index is 11.4. The second-order valence-corrected chi connectivity index (χ2v) is 6.64. The topological polar surface area (TPSA) is 20.3 Å². The first-order valence-electron chi connectivity index (χ1n) is 7.04. The van der Waals surface area contributed by atoms with E-state index in [0.717, 1.165) is 35.0 Å². The monoisotopic (exact) mass is 323 g/mol. The first-order valence-corrected chi connectivity index (χ1v) is 7.83. The van der Waals surface area contributed by atoms with Crippen molar-refractivity contribution in [1.82, 2.24) is 0 Å². The molecule has 0 N–H and O–H groups in total. The van der Waals surface area contributed by atoms with E-state index in [1.165, 1.54) is 18.5 Å². The summed E-state index contributed by atoms with van der Waals surface area (Å²) in [4.78, 5) is 13.9. The van der Waals surface area contributed by atoms with Crippen LogP contribution in [0.4, 0.5) is 5.69 Å². The van der Waals surface area contributed by atoms with Gasteiger partial charge in [-0.25, -0.2) is 0 Å². The molecule has 1 fully saturated rings. The number of Topliss-reactive ketones (excluding diaryl/α,β-unsaturated/α-hetero) is 1. The lowest BCUT2D eigenvalue weighted by Crippen LogP contribution is -2.35. The first-order chi connectivity index (χ1) is 8.99. The standard InChI is InChI=1S/C16H22BrNO/c1-11(2)13-6-8-18(9-7-13)14-4-5-15(12(3)19)16(17)10-14/h4-5,10-11,13H,6-9H2,1-3H3. The van der Waals surface area contributed by atoms with E-state index < -0.39 is 0 Å². The van der Waals surface area contributed by atoms with Crippen LogP contribution in [0.2, 0.25) is 0 Å². The molecular weight excluding hydrogens is 302 g/mol. The van der Waals surface area contributed by atoms with E-state index >= 15 is 0 Å².